The topological polar surface area (TPSA) is 60.4 Å². The van der Waals surface area contributed by atoms with Crippen LogP contribution in [-0.4, -0.2) is 47.6 Å². The molecule has 64 heavy (non-hydrogen) atoms. The summed E-state index contributed by atoms with van der Waals surface area (Å²) in [6, 6.07) is 32.1. The quantitative estimate of drug-likeness (QED) is 0.0807. The highest BCUT2D eigenvalue weighted by atomic mass is 19.4. The minimum atomic E-state index is -6.63. The van der Waals surface area contributed by atoms with Crippen LogP contribution in [0.2, 0.25) is 0 Å². The molecule has 0 aliphatic heterocycles. The molecule has 340 valence electrons. The first-order valence-electron chi connectivity index (χ1n) is 19.1. The van der Waals surface area contributed by atoms with Gasteiger partial charge in [-0.3, -0.25) is 9.59 Å². The molecule has 0 atom stereocenters. The van der Waals surface area contributed by atoms with Gasteiger partial charge >= 0.3 is 36.0 Å². The lowest BCUT2D eigenvalue weighted by atomic mass is 9.92. The second kappa shape index (κ2) is 18.5. The number of carbonyl (C=O) groups excluding carboxylic acids is 2. The van der Waals surface area contributed by atoms with Gasteiger partial charge < -0.3 is 8.83 Å². The Labute approximate surface area is 355 Å². The van der Waals surface area contributed by atoms with Crippen LogP contribution in [0.25, 0.3) is 44.9 Å². The highest BCUT2D eigenvalue weighted by Gasteiger charge is 2.77. The van der Waals surface area contributed by atoms with Gasteiger partial charge in [-0.15, -0.1) is 0 Å². The number of furan rings is 2. The molecule has 18 heteroatoms. The Balaban J connectivity index is 0.000000241. The Morgan fingerprint density at radius 1 is 0.406 bits per heavy atom. The van der Waals surface area contributed by atoms with Crippen molar-refractivity contribution in [2.75, 3.05) is 0 Å². The fraction of sp³-hybridized carbons (Fsp3) is 0.261. The van der Waals surface area contributed by atoms with Gasteiger partial charge in [0.05, 0.1) is 0 Å². The summed E-state index contributed by atoms with van der Waals surface area (Å²) < 4.78 is 198. The number of Topliss-reactive ketones (excluding diaryl/α,β-unsaturated/α-hetero) is 2. The summed E-state index contributed by atoms with van der Waals surface area (Å²) in [7, 11) is 0. The Morgan fingerprint density at radius 3 is 0.891 bits per heavy atom. The molecule has 0 saturated heterocycles. The van der Waals surface area contributed by atoms with E-state index in [9.17, 15) is 71.1 Å². The van der Waals surface area contributed by atoms with Crippen LogP contribution >= 0.6 is 0 Å². The van der Waals surface area contributed by atoms with Crippen LogP contribution in [0, 0.1) is 0 Å². The lowest BCUT2D eigenvalue weighted by Gasteiger charge is -2.26. The number of alkyl halides is 14. The molecule has 0 amide bonds. The largest absolute Gasteiger partial charge is 0.460 e. The number of carbonyl (C=O) groups is 2. The normalized spacial score (nSPS) is 12.8. The van der Waals surface area contributed by atoms with Gasteiger partial charge in [0.1, 0.15) is 11.5 Å². The summed E-state index contributed by atoms with van der Waals surface area (Å²) >= 11 is 0. The fourth-order valence-electron chi connectivity index (χ4n) is 6.61. The molecule has 0 saturated carbocycles. The smallest absolute Gasteiger partial charge is 0.452 e. The van der Waals surface area contributed by atoms with E-state index in [-0.39, 0.29) is 59.5 Å². The van der Waals surface area contributed by atoms with Crippen molar-refractivity contribution in [2.24, 2.45) is 0 Å². The first-order valence-corrected chi connectivity index (χ1v) is 19.1. The summed E-state index contributed by atoms with van der Waals surface area (Å²) in [4.78, 5) is 24.9. The zero-order valence-corrected chi connectivity index (χ0v) is 33.3. The monoisotopic (exact) mass is 916 g/mol. The highest BCUT2D eigenvalue weighted by molar-refractivity contribution is 6.05. The third-order valence-electron chi connectivity index (χ3n) is 9.69. The lowest BCUT2D eigenvalue weighted by molar-refractivity contribution is -0.339. The Morgan fingerprint density at radius 2 is 0.656 bits per heavy atom. The number of ketones is 2. The molecule has 0 aliphatic rings. The van der Waals surface area contributed by atoms with Gasteiger partial charge in [-0.25, -0.2) is 0 Å². The summed E-state index contributed by atoms with van der Waals surface area (Å²) in [6.07, 6.45) is -12.8. The SMILES string of the molecule is CCCc1c(C(=O)C(F)(F)C(F)(F)C(F)(F)F)oc(-c2ccccc2)c1-c1ccccc1.CCCc1c(C(=O)C(F)(F)C(F)(F)C(F)(F)F)oc(-c2ccccc2)c1-c1ccccc1. The van der Waals surface area contributed by atoms with Crippen LogP contribution in [0.3, 0.4) is 0 Å². The molecule has 0 N–H and O–H groups in total. The summed E-state index contributed by atoms with van der Waals surface area (Å²) in [6.45, 7) is 3.28. The molecule has 0 aliphatic carbocycles. The fourth-order valence-corrected chi connectivity index (χ4v) is 6.61. The van der Waals surface area contributed by atoms with Gasteiger partial charge in [0.15, 0.2) is 11.5 Å². The molecular weight excluding hydrogens is 882 g/mol. The van der Waals surface area contributed by atoms with E-state index >= 15 is 0 Å². The van der Waals surface area contributed by atoms with Gasteiger partial charge in [-0.2, -0.15) is 61.5 Å². The first-order chi connectivity index (χ1) is 29.9. The van der Waals surface area contributed by atoms with Crippen LogP contribution < -0.4 is 0 Å². The molecule has 6 aromatic rings. The van der Waals surface area contributed by atoms with Crippen molar-refractivity contribution in [1.82, 2.24) is 0 Å². The van der Waals surface area contributed by atoms with Gasteiger partial charge in [-0.05, 0) is 24.0 Å². The van der Waals surface area contributed by atoms with Gasteiger partial charge in [0, 0.05) is 33.4 Å². The molecule has 0 radical (unpaired) electrons. The summed E-state index contributed by atoms with van der Waals surface area (Å²) in [5.74, 6) is -33.3. The summed E-state index contributed by atoms with van der Waals surface area (Å²) in [5.41, 5.74) is 1.62. The molecule has 4 nitrogen and oxygen atoms in total. The van der Waals surface area contributed by atoms with Crippen LogP contribution in [0.15, 0.2) is 130 Å². The molecule has 6 rings (SSSR count). The number of benzene rings is 4. The van der Waals surface area contributed by atoms with E-state index in [4.69, 9.17) is 8.83 Å². The van der Waals surface area contributed by atoms with Crippen LogP contribution in [0.4, 0.5) is 61.5 Å². The van der Waals surface area contributed by atoms with E-state index in [0.717, 1.165) is 0 Å². The highest BCUT2D eigenvalue weighted by Crippen LogP contribution is 2.51. The van der Waals surface area contributed by atoms with Crippen molar-refractivity contribution < 1.29 is 79.9 Å². The second-order valence-corrected chi connectivity index (χ2v) is 14.1. The Kier molecular flexibility index (Phi) is 14.1. The standard InChI is InChI=1S/2C23H17F7O2/c2*1-2-9-16-17(14-10-5-3-6-11-14)18(15-12-7-4-8-13-15)32-19(16)20(31)21(24,25)22(26,27)23(28,29)30/h2*3-8,10-13H,2,9H2,1H3. The van der Waals surface area contributed by atoms with Gasteiger partial charge in [0.25, 0.3) is 11.6 Å². The van der Waals surface area contributed by atoms with Gasteiger partial charge in [0.2, 0.25) is 0 Å². The predicted molar refractivity (Wildman–Crippen MR) is 208 cm³/mol. The van der Waals surface area contributed by atoms with Crippen LogP contribution in [0.1, 0.15) is 58.9 Å². The number of hydrogen-bond acceptors (Lipinski definition) is 4. The molecule has 2 aromatic heterocycles. The third kappa shape index (κ3) is 9.09. The van der Waals surface area contributed by atoms with E-state index < -0.39 is 59.1 Å². The van der Waals surface area contributed by atoms with Crippen LogP contribution in [0.5, 0.6) is 0 Å². The third-order valence-corrected chi connectivity index (χ3v) is 9.69. The molecule has 2 heterocycles. The first kappa shape index (κ1) is 48.8. The number of halogens is 14. The van der Waals surface area contributed by atoms with Crippen molar-refractivity contribution in [3.8, 4) is 44.9 Å². The molecule has 0 bridgehead atoms. The van der Waals surface area contributed by atoms with E-state index in [0.29, 0.717) is 22.3 Å². The van der Waals surface area contributed by atoms with E-state index in [1.165, 1.54) is 24.3 Å². The molecule has 0 spiro atoms. The molecule has 0 fully saturated rings. The zero-order chi connectivity index (χ0) is 47.5. The Bertz CT molecular complexity index is 2350. The van der Waals surface area contributed by atoms with E-state index in [1.54, 1.807) is 111 Å². The average molecular weight is 917 g/mol. The van der Waals surface area contributed by atoms with E-state index in [2.05, 4.69) is 0 Å². The van der Waals surface area contributed by atoms with Crippen LogP contribution in [-0.2, 0) is 12.8 Å². The van der Waals surface area contributed by atoms with Gasteiger partial charge in [-0.1, -0.05) is 148 Å². The van der Waals surface area contributed by atoms with Crippen molar-refractivity contribution in [3.05, 3.63) is 144 Å². The summed E-state index contributed by atoms with van der Waals surface area (Å²) in [5, 5.41) is 0. The van der Waals surface area contributed by atoms with E-state index in [1.807, 2.05) is 0 Å². The van der Waals surface area contributed by atoms with Crippen molar-refractivity contribution in [2.45, 2.75) is 75.6 Å². The second-order valence-electron chi connectivity index (χ2n) is 14.1. The van der Waals surface area contributed by atoms with Crippen molar-refractivity contribution in [3.63, 3.8) is 0 Å². The molecule has 4 aromatic carbocycles. The minimum Gasteiger partial charge on any atom is -0.452 e. The number of rotatable bonds is 14. The maximum atomic E-state index is 14.3. The van der Waals surface area contributed by atoms with Crippen molar-refractivity contribution >= 4 is 11.6 Å². The average Bonchev–Trinajstić information content (AvgIpc) is 3.83. The minimum absolute atomic E-state index is 0.0602. The number of hydrogen-bond donors (Lipinski definition) is 0. The lowest BCUT2D eigenvalue weighted by Crippen LogP contribution is -2.56. The molecule has 0 unspecified atom stereocenters. The Hall–Kier alpha value is -6.20. The van der Waals surface area contributed by atoms with Crippen molar-refractivity contribution in [1.29, 1.82) is 0 Å². The maximum Gasteiger partial charge on any atom is 0.460 e. The zero-order valence-electron chi connectivity index (χ0n) is 33.3. The predicted octanol–water partition coefficient (Wildman–Crippen LogP) is 15.2. The maximum absolute atomic E-state index is 14.3. The molecular formula is C46H34F14O4.